The second-order valence-electron chi connectivity index (χ2n) is 7.45. The lowest BCUT2D eigenvalue weighted by atomic mass is 9.86. The minimum atomic E-state index is -2.01. The molecule has 2 atom stereocenters. The average Bonchev–Trinajstić information content (AvgIpc) is 2.72. The van der Waals surface area contributed by atoms with Gasteiger partial charge in [-0.05, 0) is 37.1 Å². The summed E-state index contributed by atoms with van der Waals surface area (Å²) in [7, 11) is 1.38. The third-order valence-corrected chi connectivity index (χ3v) is 5.19. The molecule has 0 aliphatic heterocycles. The van der Waals surface area contributed by atoms with Crippen LogP contribution in [0.15, 0.2) is 53.8 Å². The maximum Gasteiger partial charge on any atom is 0.195 e. The molecule has 1 nitrogen and oxygen atoms in total. The molecule has 0 amide bonds. The van der Waals surface area contributed by atoms with Gasteiger partial charge < -0.3 is 4.74 Å². The molecule has 0 saturated carbocycles. The number of ether oxygens (including phenoxy) is 1. The first-order valence-electron chi connectivity index (χ1n) is 10.5. The molecule has 0 bridgehead atoms. The van der Waals surface area contributed by atoms with Gasteiger partial charge in [0, 0.05) is 5.56 Å². The van der Waals surface area contributed by atoms with Crippen LogP contribution in [0, 0.1) is 11.8 Å². The van der Waals surface area contributed by atoms with Crippen molar-refractivity contribution in [2.24, 2.45) is 0 Å². The first kappa shape index (κ1) is 22.2. The quantitative estimate of drug-likeness (QED) is 0.308. The lowest BCUT2D eigenvalue weighted by Gasteiger charge is -2.30. The van der Waals surface area contributed by atoms with Gasteiger partial charge in [0.25, 0.3) is 0 Å². The molecule has 3 heteroatoms. The van der Waals surface area contributed by atoms with Crippen LogP contribution in [0.3, 0.4) is 0 Å². The monoisotopic (exact) mass is 386 g/mol. The first-order chi connectivity index (χ1) is 13.6. The Labute approximate surface area is 168 Å². The summed E-state index contributed by atoms with van der Waals surface area (Å²) < 4.78 is 35.3. The van der Waals surface area contributed by atoms with Gasteiger partial charge in [0.05, 0.1) is 12.7 Å². The van der Waals surface area contributed by atoms with Gasteiger partial charge in [0.1, 0.15) is 5.76 Å². The molecule has 28 heavy (non-hydrogen) atoms. The number of unbranched alkanes of at least 4 members (excludes halogenated alkanes) is 7. The summed E-state index contributed by atoms with van der Waals surface area (Å²) in [6.07, 6.45) is 10.2. The number of hydrogen-bond donors (Lipinski definition) is 0. The van der Waals surface area contributed by atoms with Gasteiger partial charge in [-0.15, -0.1) is 0 Å². The number of methoxy groups -OCH3 is 1. The van der Waals surface area contributed by atoms with E-state index in [9.17, 15) is 4.39 Å². The highest BCUT2D eigenvalue weighted by Crippen LogP contribution is 2.37. The van der Waals surface area contributed by atoms with Crippen LogP contribution in [-0.4, -0.2) is 19.0 Å². The Morgan fingerprint density at radius 2 is 1.61 bits per heavy atom. The fourth-order valence-corrected chi connectivity index (χ4v) is 3.46. The molecular formula is C25H32F2O. The number of allylic oxidation sites excluding steroid dienone is 4. The summed E-state index contributed by atoms with van der Waals surface area (Å²) >= 11 is 0. The second-order valence-corrected chi connectivity index (χ2v) is 7.45. The summed E-state index contributed by atoms with van der Waals surface area (Å²) in [5, 5.41) is 0. The van der Waals surface area contributed by atoms with Crippen molar-refractivity contribution in [1.29, 1.82) is 0 Å². The van der Waals surface area contributed by atoms with Crippen molar-refractivity contribution >= 4 is 0 Å². The zero-order valence-electron chi connectivity index (χ0n) is 17.1. The van der Waals surface area contributed by atoms with Crippen LogP contribution in [0.4, 0.5) is 8.78 Å². The first-order valence-corrected chi connectivity index (χ1v) is 10.5. The maximum absolute atomic E-state index is 15.2. The third kappa shape index (κ3) is 6.51. The van der Waals surface area contributed by atoms with Gasteiger partial charge in [-0.3, -0.25) is 0 Å². The minimum Gasteiger partial charge on any atom is -0.497 e. The number of alkyl halides is 2. The average molecular weight is 387 g/mol. The topological polar surface area (TPSA) is 9.23 Å². The molecule has 0 N–H and O–H groups in total. The maximum atomic E-state index is 15.2. The van der Waals surface area contributed by atoms with Gasteiger partial charge in [0.15, 0.2) is 11.8 Å². The molecule has 1 aromatic carbocycles. The Balaban J connectivity index is 1.90. The molecule has 0 aromatic heterocycles. The molecule has 0 saturated heterocycles. The fraction of sp³-hybridized carbons (Fsp3) is 0.520. The Kier molecular flexibility index (Phi) is 9.28. The fourth-order valence-electron chi connectivity index (χ4n) is 3.46. The van der Waals surface area contributed by atoms with Crippen LogP contribution in [0.25, 0.3) is 0 Å². The van der Waals surface area contributed by atoms with Crippen molar-refractivity contribution in [3.63, 3.8) is 0 Å². The van der Waals surface area contributed by atoms with E-state index in [4.69, 9.17) is 4.74 Å². The van der Waals surface area contributed by atoms with E-state index in [0.29, 0.717) is 12.0 Å². The van der Waals surface area contributed by atoms with Gasteiger partial charge in [-0.2, -0.15) is 0 Å². The Hall–Kier alpha value is -2.08. The van der Waals surface area contributed by atoms with Gasteiger partial charge in [-0.25, -0.2) is 8.78 Å². The van der Waals surface area contributed by atoms with E-state index in [-0.39, 0.29) is 12.2 Å². The van der Waals surface area contributed by atoms with Crippen molar-refractivity contribution < 1.29 is 13.5 Å². The minimum absolute atomic E-state index is 0.00648. The standard InChI is InChI=1S/C25H32F2O/c1-3-4-5-6-7-8-9-13-19-25(27)20-18-22(23(28-2)24(25)26)17-16-21-14-11-10-12-15-21/h10-12,14-15,18,20,24H,3-9,13,19H2,1-2H3. The molecule has 2 rings (SSSR count). The van der Waals surface area contributed by atoms with Crippen LogP contribution in [0.5, 0.6) is 0 Å². The number of rotatable bonds is 10. The molecular weight excluding hydrogens is 354 g/mol. The van der Waals surface area contributed by atoms with E-state index in [1.807, 2.05) is 30.3 Å². The Morgan fingerprint density at radius 3 is 2.25 bits per heavy atom. The summed E-state index contributed by atoms with van der Waals surface area (Å²) in [5.41, 5.74) is -0.779. The van der Waals surface area contributed by atoms with E-state index < -0.39 is 11.8 Å². The molecule has 152 valence electrons. The van der Waals surface area contributed by atoms with Crippen LogP contribution in [-0.2, 0) is 4.74 Å². The normalized spacial score (nSPS) is 21.4. The number of halogens is 2. The van der Waals surface area contributed by atoms with Crippen molar-refractivity contribution in [1.82, 2.24) is 0 Å². The summed E-state index contributed by atoms with van der Waals surface area (Å²) in [6.45, 7) is 2.20. The van der Waals surface area contributed by atoms with Crippen LogP contribution in [0.1, 0.15) is 70.3 Å². The van der Waals surface area contributed by atoms with Crippen LogP contribution < -0.4 is 0 Å². The van der Waals surface area contributed by atoms with Gasteiger partial charge in [0.2, 0.25) is 0 Å². The molecule has 0 spiro atoms. The smallest absolute Gasteiger partial charge is 0.195 e. The highest BCUT2D eigenvalue weighted by Gasteiger charge is 2.43. The van der Waals surface area contributed by atoms with Crippen molar-refractivity contribution in [2.45, 2.75) is 76.6 Å². The van der Waals surface area contributed by atoms with Gasteiger partial charge >= 0.3 is 0 Å². The predicted molar refractivity (Wildman–Crippen MR) is 112 cm³/mol. The Morgan fingerprint density at radius 1 is 0.964 bits per heavy atom. The lowest BCUT2D eigenvalue weighted by Crippen LogP contribution is -2.37. The number of hydrogen-bond acceptors (Lipinski definition) is 1. The summed E-state index contributed by atoms with van der Waals surface area (Å²) in [5.74, 6) is 5.89. The van der Waals surface area contributed by atoms with E-state index in [1.165, 1.54) is 45.3 Å². The van der Waals surface area contributed by atoms with Crippen molar-refractivity contribution in [3.05, 3.63) is 59.4 Å². The zero-order chi connectivity index (χ0) is 20.2. The molecule has 0 heterocycles. The Bertz CT molecular complexity index is 711. The molecule has 0 fully saturated rings. The number of benzene rings is 1. The SMILES string of the molecule is CCCCCCCCCCC1(F)C=CC(C#Cc2ccccc2)=C(OC)C1F. The highest BCUT2D eigenvalue weighted by atomic mass is 19.2. The van der Waals surface area contributed by atoms with Crippen molar-refractivity contribution in [3.8, 4) is 11.8 Å². The summed E-state index contributed by atoms with van der Waals surface area (Å²) in [4.78, 5) is 0. The third-order valence-electron chi connectivity index (χ3n) is 5.19. The van der Waals surface area contributed by atoms with E-state index in [1.54, 1.807) is 6.08 Å². The molecule has 1 aliphatic carbocycles. The highest BCUT2D eigenvalue weighted by molar-refractivity contribution is 5.50. The second kappa shape index (κ2) is 11.7. The van der Waals surface area contributed by atoms with Crippen LogP contribution in [0.2, 0.25) is 0 Å². The zero-order valence-corrected chi connectivity index (χ0v) is 17.1. The van der Waals surface area contributed by atoms with E-state index in [2.05, 4.69) is 18.8 Å². The molecule has 0 radical (unpaired) electrons. The van der Waals surface area contributed by atoms with Gasteiger partial charge in [-0.1, -0.05) is 81.9 Å². The van der Waals surface area contributed by atoms with E-state index >= 15 is 4.39 Å². The molecule has 1 aliphatic rings. The lowest BCUT2D eigenvalue weighted by molar-refractivity contribution is 0.0620. The van der Waals surface area contributed by atoms with E-state index in [0.717, 1.165) is 18.4 Å². The molecule has 2 unspecified atom stereocenters. The van der Waals surface area contributed by atoms with Crippen molar-refractivity contribution in [2.75, 3.05) is 7.11 Å². The molecule has 1 aromatic rings. The largest absolute Gasteiger partial charge is 0.497 e. The summed E-state index contributed by atoms with van der Waals surface area (Å²) in [6, 6.07) is 9.44. The predicted octanol–water partition coefficient (Wildman–Crippen LogP) is 7.09. The van der Waals surface area contributed by atoms with Crippen LogP contribution >= 0.6 is 0 Å².